The molecule has 2 aliphatic rings. The molecule has 0 atom stereocenters. The molecule has 0 aromatic heterocycles. The van der Waals surface area contributed by atoms with Crippen LogP contribution >= 0.6 is 0 Å². The zero-order chi connectivity index (χ0) is 17.7. The third-order valence-corrected chi connectivity index (χ3v) is 5.34. The first-order valence-corrected chi connectivity index (χ1v) is 9.13. The molecular weight excluding hydrogens is 316 g/mol. The Balaban J connectivity index is 1.41. The zero-order valence-electron chi connectivity index (χ0n) is 14.9. The molecule has 1 fully saturated rings. The molecule has 1 saturated heterocycles. The number of amides is 3. The number of hydrogen-bond donors (Lipinski definition) is 3. The van der Waals surface area contributed by atoms with Gasteiger partial charge in [0.05, 0.1) is 6.54 Å². The first-order chi connectivity index (χ1) is 12.1. The molecule has 2 aliphatic heterocycles. The summed E-state index contributed by atoms with van der Waals surface area (Å²) >= 11 is 0. The number of carbonyl (C=O) groups excluding carboxylic acids is 2. The summed E-state index contributed by atoms with van der Waals surface area (Å²) < 4.78 is 0. The van der Waals surface area contributed by atoms with Crippen LogP contribution in [0.1, 0.15) is 30.9 Å². The van der Waals surface area contributed by atoms with Crippen molar-refractivity contribution in [1.29, 1.82) is 0 Å². The maximum absolute atomic E-state index is 12.3. The summed E-state index contributed by atoms with van der Waals surface area (Å²) in [5.74, 6) is -0.120. The standard InChI is InChI=1S/C19H28N4O2/c1-19(7-9-20-10-8-19)14-22-17(24)12-21-18(25)23-11-6-15-4-2-3-5-16(15)13-23/h2-5,20H,6-14H2,1H3,(H,21,25)(H,22,24). The molecule has 25 heavy (non-hydrogen) atoms. The lowest BCUT2D eigenvalue weighted by Crippen LogP contribution is -2.48. The average molecular weight is 344 g/mol. The van der Waals surface area contributed by atoms with Gasteiger partial charge in [-0.2, -0.15) is 0 Å². The predicted octanol–water partition coefficient (Wildman–Crippen LogP) is 1.26. The molecule has 0 bridgehead atoms. The molecule has 1 aromatic rings. The summed E-state index contributed by atoms with van der Waals surface area (Å²) in [5.41, 5.74) is 2.65. The normalized spacial score (nSPS) is 19.0. The van der Waals surface area contributed by atoms with Gasteiger partial charge in [0.2, 0.25) is 5.91 Å². The Labute approximate surface area is 149 Å². The smallest absolute Gasteiger partial charge is 0.318 e. The van der Waals surface area contributed by atoms with E-state index in [-0.39, 0.29) is 23.9 Å². The Morgan fingerprint density at radius 2 is 1.88 bits per heavy atom. The summed E-state index contributed by atoms with van der Waals surface area (Å²) in [7, 11) is 0. The quantitative estimate of drug-likeness (QED) is 0.770. The Bertz CT molecular complexity index is 626. The molecule has 0 spiro atoms. The zero-order valence-corrected chi connectivity index (χ0v) is 14.9. The van der Waals surface area contributed by atoms with Crippen LogP contribution in [0.5, 0.6) is 0 Å². The van der Waals surface area contributed by atoms with Crippen LogP contribution in [0.3, 0.4) is 0 Å². The van der Waals surface area contributed by atoms with E-state index in [4.69, 9.17) is 0 Å². The first kappa shape index (κ1) is 17.7. The van der Waals surface area contributed by atoms with Crippen LogP contribution in [0.2, 0.25) is 0 Å². The van der Waals surface area contributed by atoms with Crippen molar-refractivity contribution in [3.8, 4) is 0 Å². The van der Waals surface area contributed by atoms with Gasteiger partial charge in [0.1, 0.15) is 0 Å². The largest absolute Gasteiger partial charge is 0.354 e. The molecule has 0 saturated carbocycles. The van der Waals surface area contributed by atoms with Crippen LogP contribution in [0.15, 0.2) is 24.3 Å². The molecule has 136 valence electrons. The van der Waals surface area contributed by atoms with E-state index in [0.717, 1.165) is 32.4 Å². The maximum Gasteiger partial charge on any atom is 0.318 e. The fourth-order valence-corrected chi connectivity index (χ4v) is 3.52. The highest BCUT2D eigenvalue weighted by Crippen LogP contribution is 2.26. The Kier molecular flexibility index (Phi) is 5.58. The fourth-order valence-electron chi connectivity index (χ4n) is 3.52. The Hall–Kier alpha value is -2.08. The molecule has 0 radical (unpaired) electrons. The number of urea groups is 1. The molecule has 6 heteroatoms. The number of nitrogens with one attached hydrogen (secondary N) is 3. The summed E-state index contributed by atoms with van der Waals surface area (Å²) in [6, 6.07) is 8.02. The third kappa shape index (κ3) is 4.72. The lowest BCUT2D eigenvalue weighted by atomic mass is 9.81. The van der Waals surface area contributed by atoms with Gasteiger partial charge in [-0.1, -0.05) is 31.2 Å². The van der Waals surface area contributed by atoms with Gasteiger partial charge in [-0.3, -0.25) is 4.79 Å². The van der Waals surface area contributed by atoms with E-state index in [1.807, 2.05) is 12.1 Å². The third-order valence-electron chi connectivity index (χ3n) is 5.34. The molecule has 3 amide bonds. The monoisotopic (exact) mass is 344 g/mol. The second-order valence-corrected chi connectivity index (χ2v) is 7.44. The molecular formula is C19H28N4O2. The fraction of sp³-hybridized carbons (Fsp3) is 0.579. The van der Waals surface area contributed by atoms with Gasteiger partial charge in [0, 0.05) is 19.6 Å². The number of nitrogens with zero attached hydrogens (tertiary/aromatic N) is 1. The SMILES string of the molecule is CC1(CNC(=O)CNC(=O)N2CCc3ccccc3C2)CCNCC1. The van der Waals surface area contributed by atoms with Gasteiger partial charge >= 0.3 is 6.03 Å². The van der Waals surface area contributed by atoms with E-state index in [9.17, 15) is 9.59 Å². The van der Waals surface area contributed by atoms with E-state index in [1.165, 1.54) is 11.1 Å². The topological polar surface area (TPSA) is 73.5 Å². The summed E-state index contributed by atoms with van der Waals surface area (Å²) in [6.45, 7) is 6.20. The number of fused-ring (bicyclic) bond motifs is 1. The molecule has 2 heterocycles. The van der Waals surface area contributed by atoms with Crippen LogP contribution in [-0.4, -0.2) is 49.6 Å². The van der Waals surface area contributed by atoms with Crippen molar-refractivity contribution in [3.05, 3.63) is 35.4 Å². The van der Waals surface area contributed by atoms with Gasteiger partial charge < -0.3 is 20.9 Å². The van der Waals surface area contributed by atoms with Crippen LogP contribution in [0.25, 0.3) is 0 Å². The molecule has 6 nitrogen and oxygen atoms in total. The van der Waals surface area contributed by atoms with Crippen molar-refractivity contribution in [2.24, 2.45) is 5.41 Å². The van der Waals surface area contributed by atoms with E-state index in [2.05, 4.69) is 35.0 Å². The van der Waals surface area contributed by atoms with Gasteiger partial charge in [0.15, 0.2) is 0 Å². The lowest BCUT2D eigenvalue weighted by Gasteiger charge is -2.34. The van der Waals surface area contributed by atoms with Gasteiger partial charge in [-0.15, -0.1) is 0 Å². The second-order valence-electron chi connectivity index (χ2n) is 7.44. The highest BCUT2D eigenvalue weighted by molar-refractivity contribution is 5.84. The minimum Gasteiger partial charge on any atom is -0.354 e. The van der Waals surface area contributed by atoms with Crippen LogP contribution in [0.4, 0.5) is 4.79 Å². The van der Waals surface area contributed by atoms with Crippen LogP contribution < -0.4 is 16.0 Å². The van der Waals surface area contributed by atoms with E-state index < -0.39 is 0 Å². The average Bonchev–Trinajstić information content (AvgIpc) is 2.64. The second kappa shape index (κ2) is 7.87. The highest BCUT2D eigenvalue weighted by Gasteiger charge is 2.27. The minimum atomic E-state index is -0.169. The number of benzene rings is 1. The van der Waals surface area contributed by atoms with Gasteiger partial charge in [-0.25, -0.2) is 4.79 Å². The van der Waals surface area contributed by atoms with Crippen molar-refractivity contribution in [2.75, 3.05) is 32.7 Å². The Morgan fingerprint density at radius 1 is 1.16 bits per heavy atom. The van der Waals surface area contributed by atoms with E-state index in [0.29, 0.717) is 19.6 Å². The van der Waals surface area contributed by atoms with Crippen molar-refractivity contribution >= 4 is 11.9 Å². The number of piperidine rings is 1. The van der Waals surface area contributed by atoms with Crippen molar-refractivity contribution in [1.82, 2.24) is 20.9 Å². The van der Waals surface area contributed by atoms with Crippen molar-refractivity contribution in [3.63, 3.8) is 0 Å². The van der Waals surface area contributed by atoms with Crippen LogP contribution in [0, 0.1) is 5.41 Å². The van der Waals surface area contributed by atoms with E-state index in [1.54, 1.807) is 4.90 Å². The van der Waals surface area contributed by atoms with Crippen molar-refractivity contribution < 1.29 is 9.59 Å². The highest BCUT2D eigenvalue weighted by atomic mass is 16.2. The van der Waals surface area contributed by atoms with Crippen LogP contribution in [-0.2, 0) is 17.8 Å². The maximum atomic E-state index is 12.3. The van der Waals surface area contributed by atoms with Gasteiger partial charge in [-0.05, 0) is 48.9 Å². The van der Waals surface area contributed by atoms with Crippen molar-refractivity contribution in [2.45, 2.75) is 32.7 Å². The van der Waals surface area contributed by atoms with E-state index >= 15 is 0 Å². The predicted molar refractivity (Wildman–Crippen MR) is 97.2 cm³/mol. The molecule has 0 unspecified atom stereocenters. The molecule has 3 N–H and O–H groups in total. The summed E-state index contributed by atoms with van der Waals surface area (Å²) in [5, 5.41) is 9.05. The lowest BCUT2D eigenvalue weighted by molar-refractivity contribution is -0.120. The molecule has 0 aliphatic carbocycles. The molecule has 3 rings (SSSR count). The number of rotatable bonds is 4. The number of hydrogen-bond acceptors (Lipinski definition) is 3. The minimum absolute atomic E-state index is 0.0330. The number of carbonyl (C=O) groups is 2. The van der Waals surface area contributed by atoms with Gasteiger partial charge in [0.25, 0.3) is 0 Å². The summed E-state index contributed by atoms with van der Waals surface area (Å²) in [4.78, 5) is 26.1. The first-order valence-electron chi connectivity index (χ1n) is 9.13. The summed E-state index contributed by atoms with van der Waals surface area (Å²) in [6.07, 6.45) is 2.99. The Morgan fingerprint density at radius 3 is 2.64 bits per heavy atom. The molecule has 1 aromatic carbocycles.